The van der Waals surface area contributed by atoms with E-state index in [-0.39, 0.29) is 17.6 Å². The minimum atomic E-state index is -0.590. The van der Waals surface area contributed by atoms with Crippen LogP contribution in [0.3, 0.4) is 0 Å². The first-order chi connectivity index (χ1) is 14.5. The highest BCUT2D eigenvalue weighted by atomic mass is 32.1. The first-order valence-electron chi connectivity index (χ1n) is 9.98. The first-order valence-corrected chi connectivity index (χ1v) is 10.8. The van der Waals surface area contributed by atoms with Gasteiger partial charge in [-0.3, -0.25) is 4.79 Å². The number of nitrogens with zero attached hydrogens (tertiary/aromatic N) is 3. The number of thiazole rings is 1. The van der Waals surface area contributed by atoms with E-state index in [1.807, 2.05) is 37.4 Å². The van der Waals surface area contributed by atoms with Crippen molar-refractivity contribution in [3.8, 4) is 10.6 Å². The summed E-state index contributed by atoms with van der Waals surface area (Å²) in [6.07, 6.45) is 7.53. The highest BCUT2D eigenvalue weighted by molar-refractivity contribution is 7.14. The van der Waals surface area contributed by atoms with Gasteiger partial charge in [0.05, 0.1) is 0 Å². The van der Waals surface area contributed by atoms with E-state index in [1.165, 1.54) is 6.20 Å². The maximum absolute atomic E-state index is 11.9. The maximum Gasteiger partial charge on any atom is 0.254 e. The SMILES string of the molecule is Cc1cnc(-c2ccc(Nc3nc(NC4CCCCC4N)ncc3C(N)=O)cc2)s1. The number of hydrogen-bond donors (Lipinski definition) is 4. The number of nitrogens with two attached hydrogens (primary N) is 2. The number of benzene rings is 1. The van der Waals surface area contributed by atoms with Crippen molar-refractivity contribution < 1.29 is 4.79 Å². The number of aryl methyl sites for hydroxylation is 1. The van der Waals surface area contributed by atoms with E-state index in [9.17, 15) is 4.79 Å². The van der Waals surface area contributed by atoms with Crippen molar-refractivity contribution in [3.05, 3.63) is 47.1 Å². The van der Waals surface area contributed by atoms with Crippen molar-refractivity contribution >= 4 is 34.7 Å². The summed E-state index contributed by atoms with van der Waals surface area (Å²) in [5, 5.41) is 7.46. The summed E-state index contributed by atoms with van der Waals surface area (Å²) in [7, 11) is 0. The second kappa shape index (κ2) is 8.76. The molecule has 1 fully saturated rings. The number of rotatable bonds is 6. The smallest absolute Gasteiger partial charge is 0.254 e. The molecule has 9 heteroatoms. The second-order valence-electron chi connectivity index (χ2n) is 7.50. The van der Waals surface area contributed by atoms with Gasteiger partial charge in [-0.15, -0.1) is 11.3 Å². The molecule has 4 rings (SSSR count). The van der Waals surface area contributed by atoms with Crippen LogP contribution in [-0.4, -0.2) is 32.9 Å². The summed E-state index contributed by atoms with van der Waals surface area (Å²) in [5.41, 5.74) is 13.8. The molecule has 0 bridgehead atoms. The van der Waals surface area contributed by atoms with Crippen molar-refractivity contribution in [2.24, 2.45) is 11.5 Å². The molecule has 1 aliphatic carbocycles. The van der Waals surface area contributed by atoms with Crippen LogP contribution in [0.2, 0.25) is 0 Å². The van der Waals surface area contributed by atoms with Crippen molar-refractivity contribution in [1.29, 1.82) is 0 Å². The highest BCUT2D eigenvalue weighted by Crippen LogP contribution is 2.27. The van der Waals surface area contributed by atoms with Gasteiger partial charge in [0.1, 0.15) is 16.4 Å². The number of carbonyl (C=O) groups is 1. The fourth-order valence-electron chi connectivity index (χ4n) is 3.55. The van der Waals surface area contributed by atoms with Crippen LogP contribution in [0.5, 0.6) is 0 Å². The number of amides is 1. The predicted molar refractivity (Wildman–Crippen MR) is 120 cm³/mol. The molecule has 156 valence electrons. The lowest BCUT2D eigenvalue weighted by Gasteiger charge is -2.29. The molecular weight excluding hydrogens is 398 g/mol. The topological polar surface area (TPSA) is 132 Å². The number of primary amides is 1. The van der Waals surface area contributed by atoms with Crippen LogP contribution >= 0.6 is 11.3 Å². The van der Waals surface area contributed by atoms with E-state index in [0.717, 1.165) is 46.8 Å². The molecule has 30 heavy (non-hydrogen) atoms. The molecule has 0 saturated heterocycles. The lowest BCUT2D eigenvalue weighted by Crippen LogP contribution is -2.43. The third-order valence-electron chi connectivity index (χ3n) is 5.20. The van der Waals surface area contributed by atoms with Gasteiger partial charge in [0.2, 0.25) is 5.95 Å². The minimum absolute atomic E-state index is 0.0663. The van der Waals surface area contributed by atoms with Crippen LogP contribution in [0, 0.1) is 6.92 Å². The summed E-state index contributed by atoms with van der Waals surface area (Å²) in [6, 6.07) is 7.98. The Balaban J connectivity index is 1.55. The van der Waals surface area contributed by atoms with E-state index in [2.05, 4.69) is 25.6 Å². The zero-order valence-electron chi connectivity index (χ0n) is 16.8. The molecule has 0 spiro atoms. The molecular formula is C21H25N7OS. The molecule has 2 unspecified atom stereocenters. The Labute approximate surface area is 179 Å². The minimum Gasteiger partial charge on any atom is -0.365 e. The Morgan fingerprint density at radius 3 is 2.57 bits per heavy atom. The largest absolute Gasteiger partial charge is 0.365 e. The molecule has 0 aliphatic heterocycles. The number of anilines is 3. The molecule has 1 amide bonds. The Morgan fingerprint density at radius 1 is 1.13 bits per heavy atom. The van der Waals surface area contributed by atoms with E-state index < -0.39 is 5.91 Å². The fraction of sp³-hybridized carbons (Fsp3) is 0.333. The van der Waals surface area contributed by atoms with Gasteiger partial charge in [0.25, 0.3) is 5.91 Å². The molecule has 8 nitrogen and oxygen atoms in total. The highest BCUT2D eigenvalue weighted by Gasteiger charge is 2.23. The number of carbonyl (C=O) groups excluding carboxylic acids is 1. The predicted octanol–water partition coefficient (Wildman–Crippen LogP) is 3.43. The third-order valence-corrected chi connectivity index (χ3v) is 6.17. The summed E-state index contributed by atoms with van der Waals surface area (Å²) in [6.45, 7) is 2.03. The molecule has 1 aromatic carbocycles. The van der Waals surface area contributed by atoms with Crippen molar-refractivity contribution in [1.82, 2.24) is 15.0 Å². The monoisotopic (exact) mass is 423 g/mol. The Bertz CT molecular complexity index is 1030. The van der Waals surface area contributed by atoms with Crippen LogP contribution in [0.4, 0.5) is 17.5 Å². The average Bonchev–Trinajstić information content (AvgIpc) is 3.17. The first kappa shape index (κ1) is 20.2. The summed E-state index contributed by atoms with van der Waals surface area (Å²) in [4.78, 5) is 26.2. The molecule has 0 radical (unpaired) electrons. The molecule has 2 aromatic heterocycles. The summed E-state index contributed by atoms with van der Waals surface area (Å²) >= 11 is 1.64. The van der Waals surface area contributed by atoms with Crippen LogP contribution < -0.4 is 22.1 Å². The van der Waals surface area contributed by atoms with Gasteiger partial charge in [-0.2, -0.15) is 4.98 Å². The zero-order chi connectivity index (χ0) is 21.1. The van der Waals surface area contributed by atoms with Gasteiger partial charge in [-0.1, -0.05) is 12.8 Å². The van der Waals surface area contributed by atoms with E-state index in [4.69, 9.17) is 11.5 Å². The van der Waals surface area contributed by atoms with Gasteiger partial charge < -0.3 is 22.1 Å². The van der Waals surface area contributed by atoms with Crippen LogP contribution in [0.1, 0.15) is 40.9 Å². The van der Waals surface area contributed by atoms with Gasteiger partial charge in [0, 0.05) is 40.6 Å². The van der Waals surface area contributed by atoms with E-state index in [1.54, 1.807) is 11.3 Å². The quantitative estimate of drug-likeness (QED) is 0.477. The van der Waals surface area contributed by atoms with Gasteiger partial charge in [-0.25, -0.2) is 9.97 Å². The lowest BCUT2D eigenvalue weighted by atomic mass is 9.91. The second-order valence-corrected chi connectivity index (χ2v) is 8.73. The number of aromatic nitrogens is 3. The van der Waals surface area contributed by atoms with Crippen molar-refractivity contribution in [2.75, 3.05) is 10.6 Å². The summed E-state index contributed by atoms with van der Waals surface area (Å²) in [5.74, 6) is 0.204. The molecule has 1 saturated carbocycles. The number of hydrogen-bond acceptors (Lipinski definition) is 8. The average molecular weight is 424 g/mol. The third kappa shape index (κ3) is 4.58. The molecule has 2 atom stereocenters. The number of nitrogens with one attached hydrogen (secondary N) is 2. The van der Waals surface area contributed by atoms with Crippen LogP contribution in [0.15, 0.2) is 36.7 Å². The molecule has 2 heterocycles. The van der Waals surface area contributed by atoms with Gasteiger partial charge in [0.15, 0.2) is 0 Å². The van der Waals surface area contributed by atoms with Crippen molar-refractivity contribution in [2.45, 2.75) is 44.7 Å². The van der Waals surface area contributed by atoms with Gasteiger partial charge >= 0.3 is 0 Å². The van der Waals surface area contributed by atoms with E-state index in [0.29, 0.717) is 11.8 Å². The van der Waals surface area contributed by atoms with Crippen LogP contribution in [-0.2, 0) is 0 Å². The fourth-order valence-corrected chi connectivity index (χ4v) is 4.32. The summed E-state index contributed by atoms with van der Waals surface area (Å²) < 4.78 is 0. The Hall–Kier alpha value is -3.04. The lowest BCUT2D eigenvalue weighted by molar-refractivity contribution is 0.100. The Morgan fingerprint density at radius 2 is 1.90 bits per heavy atom. The van der Waals surface area contributed by atoms with Crippen LogP contribution in [0.25, 0.3) is 10.6 Å². The van der Waals surface area contributed by atoms with E-state index >= 15 is 0 Å². The molecule has 3 aromatic rings. The molecule has 6 N–H and O–H groups in total. The molecule has 1 aliphatic rings. The zero-order valence-corrected chi connectivity index (χ0v) is 17.6. The normalized spacial score (nSPS) is 18.7. The Kier molecular flexibility index (Phi) is 5.91. The standard InChI is InChI=1S/C21H25N7OS/c1-12-10-24-20(30-12)13-6-8-14(9-7-13)26-19-15(18(23)29)11-25-21(28-19)27-17-5-3-2-4-16(17)22/h6-11,16-17H,2-5,22H2,1H3,(H2,23,29)(H2,25,26,27,28). The van der Waals surface area contributed by atoms with Crippen molar-refractivity contribution in [3.63, 3.8) is 0 Å². The van der Waals surface area contributed by atoms with Gasteiger partial charge in [-0.05, 0) is 44.0 Å². The maximum atomic E-state index is 11.9.